The minimum absolute atomic E-state index is 0.0449. The number of sulfone groups is 1. The van der Waals surface area contributed by atoms with Gasteiger partial charge < -0.3 is 9.64 Å². The summed E-state index contributed by atoms with van der Waals surface area (Å²) in [4.78, 5) is 5.97. The summed E-state index contributed by atoms with van der Waals surface area (Å²) in [6.45, 7) is 4.62. The Hall–Kier alpha value is -1.35. The zero-order chi connectivity index (χ0) is 18.3. The molecule has 3 heterocycles. The number of nitrogens with zero attached hydrogens (tertiary/aromatic N) is 2. The van der Waals surface area contributed by atoms with E-state index in [1.165, 1.54) is 12.3 Å². The fourth-order valence-electron chi connectivity index (χ4n) is 3.93. The van der Waals surface area contributed by atoms with E-state index in [1.807, 2.05) is 0 Å². The summed E-state index contributed by atoms with van der Waals surface area (Å²) in [7, 11) is -2.82. The molecule has 0 saturated carbocycles. The van der Waals surface area contributed by atoms with Crippen molar-refractivity contribution in [2.24, 2.45) is 11.3 Å². The highest BCUT2D eigenvalue weighted by Crippen LogP contribution is 2.41. The van der Waals surface area contributed by atoms with E-state index >= 15 is 0 Å². The van der Waals surface area contributed by atoms with Crippen molar-refractivity contribution in [3.8, 4) is 5.88 Å². The van der Waals surface area contributed by atoms with Crippen molar-refractivity contribution in [3.63, 3.8) is 0 Å². The first-order chi connectivity index (χ1) is 11.5. The van der Waals surface area contributed by atoms with Crippen LogP contribution < -0.4 is 4.74 Å². The van der Waals surface area contributed by atoms with Gasteiger partial charge in [-0.05, 0) is 30.9 Å². The number of pyridine rings is 1. The lowest BCUT2D eigenvalue weighted by Gasteiger charge is -2.37. The van der Waals surface area contributed by atoms with Crippen molar-refractivity contribution in [1.82, 2.24) is 9.88 Å². The summed E-state index contributed by atoms with van der Waals surface area (Å²) in [6, 6.07) is 2.81. The van der Waals surface area contributed by atoms with Crippen molar-refractivity contribution in [2.45, 2.75) is 26.1 Å². The van der Waals surface area contributed by atoms with Crippen LogP contribution in [0, 0.1) is 11.3 Å². The van der Waals surface area contributed by atoms with E-state index in [4.69, 9.17) is 0 Å². The van der Waals surface area contributed by atoms with Gasteiger partial charge in [0.1, 0.15) is 0 Å². The number of hydrogen-bond acceptors (Lipinski definition) is 5. The topological polar surface area (TPSA) is 59.5 Å². The molecule has 0 aromatic carbocycles. The average molecular weight is 378 g/mol. The molecule has 9 heteroatoms. The normalized spacial score (nSPS) is 23.4. The minimum atomic E-state index is -4.73. The van der Waals surface area contributed by atoms with Gasteiger partial charge in [-0.3, -0.25) is 0 Å². The lowest BCUT2D eigenvalue weighted by molar-refractivity contribution is -0.276. The van der Waals surface area contributed by atoms with Crippen LogP contribution in [0.25, 0.3) is 0 Å². The quantitative estimate of drug-likeness (QED) is 0.787. The van der Waals surface area contributed by atoms with Crippen LogP contribution in [-0.4, -0.2) is 55.8 Å². The van der Waals surface area contributed by atoms with Gasteiger partial charge in [0.2, 0.25) is 5.88 Å². The molecule has 0 aliphatic carbocycles. The summed E-state index contributed by atoms with van der Waals surface area (Å²) in [5.41, 5.74) is 0.804. The molecule has 5 nitrogen and oxygen atoms in total. The van der Waals surface area contributed by atoms with E-state index in [0.717, 1.165) is 31.6 Å². The highest BCUT2D eigenvalue weighted by atomic mass is 32.2. The molecule has 0 unspecified atom stereocenters. The van der Waals surface area contributed by atoms with Gasteiger partial charge in [0.15, 0.2) is 9.84 Å². The molecule has 2 aliphatic rings. The molecule has 2 saturated heterocycles. The number of hydrogen-bond donors (Lipinski definition) is 0. The molecular weight excluding hydrogens is 357 g/mol. The first-order valence-electron chi connectivity index (χ1n) is 8.18. The van der Waals surface area contributed by atoms with Gasteiger partial charge in [-0.2, -0.15) is 0 Å². The predicted molar refractivity (Wildman–Crippen MR) is 85.9 cm³/mol. The summed E-state index contributed by atoms with van der Waals surface area (Å²) >= 11 is 0. The van der Waals surface area contributed by atoms with Crippen LogP contribution in [0.5, 0.6) is 5.88 Å². The lowest BCUT2D eigenvalue weighted by Crippen LogP contribution is -2.50. The van der Waals surface area contributed by atoms with Gasteiger partial charge in [0.05, 0.1) is 11.5 Å². The molecule has 25 heavy (non-hydrogen) atoms. The number of likely N-dealkylation sites (tertiary alicyclic amines) is 1. The van der Waals surface area contributed by atoms with Crippen LogP contribution in [0.3, 0.4) is 0 Å². The lowest BCUT2D eigenvalue weighted by atomic mass is 9.91. The molecule has 0 bridgehead atoms. The third kappa shape index (κ3) is 4.84. The molecule has 1 aromatic heterocycles. The standard InChI is InChI=1S/C16H21F3N2O3S/c1-12(6-13-2-3-14(20-7-13)24-16(17,18)19)8-21-5-4-15(9-21)10-25(22,23)11-15/h2-3,7,12H,4-6,8-11H2,1H3/t12-/m0/s1. The van der Waals surface area contributed by atoms with Crippen molar-refractivity contribution in [1.29, 1.82) is 0 Å². The Balaban J connectivity index is 1.47. The molecule has 1 spiro atoms. The Morgan fingerprint density at radius 1 is 1.36 bits per heavy atom. The van der Waals surface area contributed by atoms with Crippen molar-refractivity contribution in [3.05, 3.63) is 23.9 Å². The van der Waals surface area contributed by atoms with E-state index < -0.39 is 22.1 Å². The molecular formula is C16H21F3N2O3S. The molecule has 0 amide bonds. The molecule has 2 aliphatic heterocycles. The molecule has 3 rings (SSSR count). The third-order valence-electron chi connectivity index (χ3n) is 4.74. The summed E-state index contributed by atoms with van der Waals surface area (Å²) in [6.07, 6.45) is -1.71. The fraction of sp³-hybridized carbons (Fsp3) is 0.688. The van der Waals surface area contributed by atoms with Crippen LogP contribution in [0.4, 0.5) is 13.2 Å². The molecule has 1 atom stereocenters. The van der Waals surface area contributed by atoms with Crippen LogP contribution in [0.1, 0.15) is 18.9 Å². The Morgan fingerprint density at radius 3 is 2.64 bits per heavy atom. The zero-order valence-corrected chi connectivity index (χ0v) is 14.7. The van der Waals surface area contributed by atoms with Gasteiger partial charge in [0, 0.05) is 30.8 Å². The largest absolute Gasteiger partial charge is 0.574 e. The maximum Gasteiger partial charge on any atom is 0.574 e. The second-order valence-corrected chi connectivity index (χ2v) is 9.44. The molecule has 140 valence electrons. The molecule has 0 radical (unpaired) electrons. The predicted octanol–water partition coefficient (Wildman–Crippen LogP) is 2.28. The van der Waals surface area contributed by atoms with Crippen LogP contribution in [0.15, 0.2) is 18.3 Å². The Labute approximate surface area is 145 Å². The summed E-state index contributed by atoms with van der Waals surface area (Å²) in [5.74, 6) is 0.435. The number of aromatic nitrogens is 1. The van der Waals surface area contributed by atoms with Crippen molar-refractivity contribution >= 4 is 9.84 Å². The van der Waals surface area contributed by atoms with E-state index in [2.05, 4.69) is 21.5 Å². The average Bonchev–Trinajstić information content (AvgIpc) is 2.81. The Bertz CT molecular complexity index is 707. The zero-order valence-electron chi connectivity index (χ0n) is 13.9. The van der Waals surface area contributed by atoms with E-state index in [9.17, 15) is 21.6 Å². The number of alkyl halides is 3. The SMILES string of the molecule is C[C@@H](Cc1ccc(OC(F)(F)F)nc1)CN1CCC2(C1)CS(=O)(=O)C2. The van der Waals surface area contributed by atoms with Gasteiger partial charge in [-0.1, -0.05) is 13.0 Å². The first kappa shape index (κ1) is 18.4. The maximum atomic E-state index is 12.1. The summed E-state index contributed by atoms with van der Waals surface area (Å²) < 4.78 is 63.0. The number of halogens is 3. The van der Waals surface area contributed by atoms with Crippen molar-refractivity contribution < 1.29 is 26.3 Å². The van der Waals surface area contributed by atoms with Crippen LogP contribution >= 0.6 is 0 Å². The van der Waals surface area contributed by atoms with Gasteiger partial charge in [0.25, 0.3) is 0 Å². The number of ether oxygens (including phenoxy) is 1. The molecule has 0 N–H and O–H groups in total. The van der Waals surface area contributed by atoms with E-state index in [0.29, 0.717) is 23.8 Å². The molecule has 2 fully saturated rings. The second kappa shape index (κ2) is 6.42. The maximum absolute atomic E-state index is 12.1. The molecule has 1 aromatic rings. The van der Waals surface area contributed by atoms with E-state index in [1.54, 1.807) is 6.07 Å². The van der Waals surface area contributed by atoms with E-state index in [-0.39, 0.29) is 5.41 Å². The highest BCUT2D eigenvalue weighted by molar-refractivity contribution is 7.92. The van der Waals surface area contributed by atoms with Crippen LogP contribution in [-0.2, 0) is 16.3 Å². The Kier molecular flexibility index (Phi) is 4.74. The van der Waals surface area contributed by atoms with Crippen molar-refractivity contribution in [2.75, 3.05) is 31.1 Å². The first-order valence-corrected chi connectivity index (χ1v) is 10.00. The van der Waals surface area contributed by atoms with Gasteiger partial charge >= 0.3 is 6.36 Å². The van der Waals surface area contributed by atoms with Gasteiger partial charge in [-0.25, -0.2) is 13.4 Å². The monoisotopic (exact) mass is 378 g/mol. The Morgan fingerprint density at radius 2 is 2.08 bits per heavy atom. The highest BCUT2D eigenvalue weighted by Gasteiger charge is 2.51. The third-order valence-corrected chi connectivity index (χ3v) is 6.85. The number of rotatable bonds is 5. The van der Waals surface area contributed by atoms with Crippen LogP contribution in [0.2, 0.25) is 0 Å². The summed E-state index contributed by atoms with van der Waals surface area (Å²) in [5, 5.41) is 0. The minimum Gasteiger partial charge on any atom is -0.388 e. The smallest absolute Gasteiger partial charge is 0.388 e. The van der Waals surface area contributed by atoms with Gasteiger partial charge in [-0.15, -0.1) is 13.2 Å². The fourth-order valence-corrected chi connectivity index (χ4v) is 6.18. The second-order valence-electron chi connectivity index (χ2n) is 7.38.